The molecule has 0 atom stereocenters. The van der Waals surface area contributed by atoms with Crippen LogP contribution < -0.4 is 56.8 Å². The molecule has 1 rings (SSSR count). The Kier molecular flexibility index (Phi) is 5.50. The third kappa shape index (κ3) is 3.53. The molecule has 0 saturated carbocycles. The molecule has 0 amide bonds. The summed E-state index contributed by atoms with van der Waals surface area (Å²) in [5, 5.41) is -0.301. The van der Waals surface area contributed by atoms with Gasteiger partial charge < -0.3 is 12.9 Å². The summed E-state index contributed by atoms with van der Waals surface area (Å²) in [6.07, 6.45) is 1.10. The third-order valence-electron chi connectivity index (χ3n) is 1.45. The van der Waals surface area contributed by atoms with E-state index in [2.05, 4.69) is 4.98 Å². The fourth-order valence-corrected chi connectivity index (χ4v) is 1.06. The van der Waals surface area contributed by atoms with Gasteiger partial charge in [-0.05, 0) is 6.92 Å². The molecule has 0 aliphatic carbocycles. The van der Waals surface area contributed by atoms with Crippen LogP contribution in [0.15, 0.2) is 12.3 Å². The van der Waals surface area contributed by atoms with Gasteiger partial charge >= 0.3 is 58.4 Å². The molecule has 0 spiro atoms. The molecule has 0 saturated heterocycles. The zero-order valence-corrected chi connectivity index (χ0v) is 11.1. The second-order valence-corrected chi connectivity index (χ2v) is 2.75. The Morgan fingerprint density at radius 3 is 2.31 bits per heavy atom. The Hall–Kier alpha value is 0.931. The van der Waals surface area contributed by atoms with Crippen molar-refractivity contribution in [2.75, 3.05) is 0 Å². The van der Waals surface area contributed by atoms with Crippen LogP contribution in [-0.2, 0) is 0 Å². The maximum atomic E-state index is 12.2. The number of aryl methyl sites for hydroxylation is 1. The van der Waals surface area contributed by atoms with Gasteiger partial charge in [0.2, 0.25) is 0 Å². The number of nitrogens with zero attached hydrogens (tertiary/aromatic N) is 1. The summed E-state index contributed by atoms with van der Waals surface area (Å²) in [5.41, 5.74) is -0.572. The number of aromatic nitrogens is 1. The van der Waals surface area contributed by atoms with E-state index in [9.17, 15) is 12.9 Å². The average molecular weight is 233 g/mol. The van der Waals surface area contributed by atoms with E-state index in [-0.39, 0.29) is 62.1 Å². The minimum atomic E-state index is -5.02. The van der Waals surface area contributed by atoms with Crippen molar-refractivity contribution in [1.82, 2.24) is 4.98 Å². The summed E-state index contributed by atoms with van der Waals surface area (Å²) in [4.78, 5) is 3.63. The van der Waals surface area contributed by atoms with Gasteiger partial charge in [0.15, 0.2) is 0 Å². The summed E-state index contributed by atoms with van der Waals surface area (Å²) < 4.78 is 36.5. The maximum Gasteiger partial charge on any atom is 1.00 e. The fraction of sp³-hybridized carbons (Fsp3) is 0.167. The van der Waals surface area contributed by atoms with Gasteiger partial charge in [0, 0.05) is 11.2 Å². The first-order valence-electron chi connectivity index (χ1n) is 3.24. The van der Waals surface area contributed by atoms with E-state index < -0.39 is 12.4 Å². The van der Waals surface area contributed by atoms with Crippen LogP contribution >= 0.6 is 11.6 Å². The fourth-order valence-electron chi connectivity index (χ4n) is 0.821. The topological polar surface area (TPSA) is 12.9 Å². The quantitative estimate of drug-likeness (QED) is 0.573. The van der Waals surface area contributed by atoms with E-state index in [1.54, 1.807) is 0 Å². The number of pyridine rings is 1. The van der Waals surface area contributed by atoms with Crippen molar-refractivity contribution in [2.45, 2.75) is 6.92 Å². The van der Waals surface area contributed by atoms with Gasteiger partial charge in [-0.2, -0.15) is 0 Å². The van der Waals surface area contributed by atoms with Crippen molar-refractivity contribution in [3.05, 3.63) is 23.0 Å². The van der Waals surface area contributed by atoms with Crippen molar-refractivity contribution in [3.63, 3.8) is 0 Å². The van der Waals surface area contributed by atoms with Gasteiger partial charge in [0.05, 0.1) is 5.69 Å². The molecular formula is C6H5BClF3KN. The molecule has 1 aromatic heterocycles. The van der Waals surface area contributed by atoms with E-state index in [0.717, 1.165) is 12.3 Å². The van der Waals surface area contributed by atoms with E-state index in [1.165, 1.54) is 6.92 Å². The zero-order valence-electron chi connectivity index (χ0n) is 7.19. The first-order valence-corrected chi connectivity index (χ1v) is 3.61. The standard InChI is InChI=1S/C6H5BClF3N.K/c1-4-6(8)5(2-3-12-4)7(9,10)11;/h2-3H,1H3;/q-1;+1. The Morgan fingerprint density at radius 1 is 1.38 bits per heavy atom. The SMILES string of the molecule is Cc1nccc([B-](F)(F)F)c1Cl.[K+]. The van der Waals surface area contributed by atoms with Gasteiger partial charge in [-0.1, -0.05) is 23.1 Å². The molecule has 0 aliphatic heterocycles. The molecule has 66 valence electrons. The van der Waals surface area contributed by atoms with Gasteiger partial charge in [-0.25, -0.2) is 0 Å². The molecule has 0 bridgehead atoms. The minimum absolute atomic E-state index is 0. The van der Waals surface area contributed by atoms with Crippen LogP contribution in [0.4, 0.5) is 12.9 Å². The molecule has 13 heavy (non-hydrogen) atoms. The molecule has 0 fully saturated rings. The normalized spacial score (nSPS) is 10.8. The first kappa shape index (κ1) is 13.9. The monoisotopic (exact) mass is 233 g/mol. The summed E-state index contributed by atoms with van der Waals surface area (Å²) in [5.74, 6) is 0. The molecular weight excluding hydrogens is 228 g/mol. The van der Waals surface area contributed by atoms with Crippen molar-refractivity contribution in [2.24, 2.45) is 0 Å². The number of rotatable bonds is 1. The molecule has 0 N–H and O–H groups in total. The van der Waals surface area contributed by atoms with Gasteiger partial charge in [-0.3, -0.25) is 4.98 Å². The van der Waals surface area contributed by atoms with Gasteiger partial charge in [-0.15, -0.1) is 0 Å². The largest absolute Gasteiger partial charge is 1.00 e. The van der Waals surface area contributed by atoms with Crippen molar-refractivity contribution >= 4 is 24.0 Å². The maximum absolute atomic E-state index is 12.2. The first-order chi connectivity index (χ1) is 5.43. The van der Waals surface area contributed by atoms with Crippen molar-refractivity contribution < 1.29 is 64.3 Å². The Bertz CT molecular complexity index is 304. The second-order valence-electron chi connectivity index (χ2n) is 2.37. The molecule has 0 aromatic carbocycles. The van der Waals surface area contributed by atoms with Crippen LogP contribution in [0.3, 0.4) is 0 Å². The van der Waals surface area contributed by atoms with E-state index in [0.29, 0.717) is 0 Å². The van der Waals surface area contributed by atoms with Crippen LogP contribution in [0, 0.1) is 6.92 Å². The Morgan fingerprint density at radius 2 is 1.92 bits per heavy atom. The molecule has 1 nitrogen and oxygen atoms in total. The third-order valence-corrected chi connectivity index (χ3v) is 1.94. The summed E-state index contributed by atoms with van der Waals surface area (Å²) in [6, 6.07) is 0.884. The minimum Gasteiger partial charge on any atom is -0.445 e. The Balaban J connectivity index is 0.00000144. The van der Waals surface area contributed by atoms with Crippen LogP contribution in [-0.4, -0.2) is 12.0 Å². The Labute approximate surface area is 122 Å². The number of hydrogen-bond acceptors (Lipinski definition) is 1. The van der Waals surface area contributed by atoms with E-state index in [1.807, 2.05) is 0 Å². The summed E-state index contributed by atoms with van der Waals surface area (Å²) >= 11 is 5.41. The average Bonchev–Trinajstić information content (AvgIpc) is 1.92. The molecule has 7 heteroatoms. The molecule has 1 heterocycles. The summed E-state index contributed by atoms with van der Waals surface area (Å²) in [7, 11) is 0. The van der Waals surface area contributed by atoms with Crippen LogP contribution in [0.1, 0.15) is 5.69 Å². The molecule has 1 aromatic rings. The zero-order chi connectivity index (χ0) is 9.35. The smallest absolute Gasteiger partial charge is 0.445 e. The van der Waals surface area contributed by atoms with E-state index >= 15 is 0 Å². The predicted octanol–water partition coefficient (Wildman–Crippen LogP) is -0.898. The van der Waals surface area contributed by atoms with Crippen LogP contribution in [0.5, 0.6) is 0 Å². The van der Waals surface area contributed by atoms with Gasteiger partial charge in [0.1, 0.15) is 0 Å². The van der Waals surface area contributed by atoms with Crippen LogP contribution in [0.25, 0.3) is 0 Å². The predicted molar refractivity (Wildman–Crippen MR) is 42.7 cm³/mol. The molecule has 0 aliphatic rings. The van der Waals surface area contributed by atoms with Crippen molar-refractivity contribution in [1.29, 1.82) is 0 Å². The van der Waals surface area contributed by atoms with Gasteiger partial charge in [0.25, 0.3) is 0 Å². The van der Waals surface area contributed by atoms with Crippen LogP contribution in [0.2, 0.25) is 5.02 Å². The number of halogens is 4. The second kappa shape index (κ2) is 5.14. The molecule has 0 radical (unpaired) electrons. The summed E-state index contributed by atoms with van der Waals surface area (Å²) in [6.45, 7) is -3.58. The molecule has 0 unspecified atom stereocenters. The van der Waals surface area contributed by atoms with E-state index in [4.69, 9.17) is 11.6 Å². The number of hydrogen-bond donors (Lipinski definition) is 0. The van der Waals surface area contributed by atoms with Crippen molar-refractivity contribution in [3.8, 4) is 0 Å².